The Morgan fingerprint density at radius 2 is 1.76 bits per heavy atom. The van der Waals surface area contributed by atoms with Gasteiger partial charge in [-0.2, -0.15) is 4.31 Å². The number of sulfonamides is 1. The van der Waals surface area contributed by atoms with Crippen molar-refractivity contribution in [2.24, 2.45) is 5.92 Å². The molecule has 1 heterocycles. The number of hydrogen-bond donors (Lipinski definition) is 0. The molecule has 0 atom stereocenters. The molecule has 138 valence electrons. The van der Waals surface area contributed by atoms with E-state index in [1.54, 1.807) is 18.2 Å². The smallest absolute Gasteiger partial charge is 0.243 e. The van der Waals surface area contributed by atoms with E-state index in [0.29, 0.717) is 43.5 Å². The highest BCUT2D eigenvalue weighted by atomic mass is 35.5. The number of nitrogens with zero attached hydrogens (tertiary/aromatic N) is 2. The first-order chi connectivity index (χ1) is 12.0. The summed E-state index contributed by atoms with van der Waals surface area (Å²) in [6, 6.07) is 6.32. The van der Waals surface area contributed by atoms with E-state index in [-0.39, 0.29) is 10.8 Å². The average Bonchev–Trinajstić information content (AvgIpc) is 2.62. The molecule has 1 saturated heterocycles. The first kappa shape index (κ1) is 18.7. The van der Waals surface area contributed by atoms with Gasteiger partial charge in [-0.15, -0.1) is 0 Å². The van der Waals surface area contributed by atoms with E-state index < -0.39 is 10.0 Å². The van der Waals surface area contributed by atoms with Crippen LogP contribution in [0.15, 0.2) is 29.2 Å². The van der Waals surface area contributed by atoms with Crippen LogP contribution in [0.5, 0.6) is 0 Å². The van der Waals surface area contributed by atoms with Crippen molar-refractivity contribution in [1.82, 2.24) is 9.21 Å². The first-order valence-corrected chi connectivity index (χ1v) is 10.8. The maximum atomic E-state index is 12.7. The lowest BCUT2D eigenvalue weighted by molar-refractivity contribution is -0.133. The molecule has 1 amide bonds. The van der Waals surface area contributed by atoms with Crippen molar-refractivity contribution in [2.75, 3.05) is 26.2 Å². The highest BCUT2D eigenvalue weighted by molar-refractivity contribution is 7.89. The van der Waals surface area contributed by atoms with Crippen LogP contribution in [0, 0.1) is 5.92 Å². The van der Waals surface area contributed by atoms with Gasteiger partial charge in [0, 0.05) is 37.6 Å². The highest BCUT2D eigenvalue weighted by Crippen LogP contribution is 2.27. The maximum absolute atomic E-state index is 12.7. The lowest BCUT2D eigenvalue weighted by Gasteiger charge is -2.35. The van der Waals surface area contributed by atoms with Crippen LogP contribution in [0.3, 0.4) is 0 Å². The molecule has 1 aromatic rings. The number of hydrogen-bond acceptors (Lipinski definition) is 3. The van der Waals surface area contributed by atoms with Crippen LogP contribution < -0.4 is 0 Å². The predicted molar refractivity (Wildman–Crippen MR) is 98.0 cm³/mol. The van der Waals surface area contributed by atoms with Gasteiger partial charge in [-0.3, -0.25) is 4.79 Å². The van der Waals surface area contributed by atoms with E-state index in [2.05, 4.69) is 0 Å². The van der Waals surface area contributed by atoms with Gasteiger partial charge in [0.05, 0.1) is 4.90 Å². The van der Waals surface area contributed by atoms with E-state index in [1.165, 1.54) is 29.6 Å². The Morgan fingerprint density at radius 1 is 1.08 bits per heavy atom. The van der Waals surface area contributed by atoms with Crippen LogP contribution in [-0.2, 0) is 14.8 Å². The molecular weight excluding hydrogens is 360 g/mol. The first-order valence-electron chi connectivity index (χ1n) is 9.00. The molecule has 25 heavy (non-hydrogen) atoms. The summed E-state index contributed by atoms with van der Waals surface area (Å²) in [6.07, 6.45) is 6.64. The number of piperazine rings is 1. The minimum Gasteiger partial charge on any atom is -0.340 e. The Bertz CT molecular complexity index is 709. The largest absolute Gasteiger partial charge is 0.340 e. The quantitative estimate of drug-likeness (QED) is 0.801. The monoisotopic (exact) mass is 384 g/mol. The summed E-state index contributed by atoms with van der Waals surface area (Å²) in [5.74, 6) is 0.682. The van der Waals surface area contributed by atoms with E-state index >= 15 is 0 Å². The molecule has 7 heteroatoms. The Morgan fingerprint density at radius 3 is 2.40 bits per heavy atom. The minimum absolute atomic E-state index is 0.173. The topological polar surface area (TPSA) is 57.7 Å². The molecule has 1 aliphatic carbocycles. The molecule has 1 saturated carbocycles. The third kappa shape index (κ3) is 4.54. The maximum Gasteiger partial charge on any atom is 0.243 e. The SMILES string of the molecule is O=C(CC1CCCCC1)N1CCN(S(=O)(=O)c2cccc(Cl)c2)CC1. The Hall–Kier alpha value is -1.11. The summed E-state index contributed by atoms with van der Waals surface area (Å²) in [6.45, 7) is 1.60. The lowest BCUT2D eigenvalue weighted by Crippen LogP contribution is -2.50. The molecule has 0 unspecified atom stereocenters. The number of rotatable bonds is 4. The van der Waals surface area contributed by atoms with Crippen LogP contribution in [0.25, 0.3) is 0 Å². The fourth-order valence-corrected chi connectivity index (χ4v) is 5.45. The molecule has 5 nitrogen and oxygen atoms in total. The molecule has 0 aromatic heterocycles. The van der Waals surface area contributed by atoms with Crippen molar-refractivity contribution in [3.8, 4) is 0 Å². The van der Waals surface area contributed by atoms with Gasteiger partial charge in [-0.1, -0.05) is 36.9 Å². The van der Waals surface area contributed by atoms with Gasteiger partial charge in [-0.05, 0) is 37.0 Å². The fourth-order valence-electron chi connectivity index (χ4n) is 3.72. The predicted octanol–water partition coefficient (Wildman–Crippen LogP) is 3.14. The van der Waals surface area contributed by atoms with Gasteiger partial charge in [0.2, 0.25) is 15.9 Å². The van der Waals surface area contributed by atoms with Gasteiger partial charge in [0.1, 0.15) is 0 Å². The zero-order valence-corrected chi connectivity index (χ0v) is 15.9. The molecular formula is C18H25ClN2O3S. The molecule has 0 radical (unpaired) electrons. The van der Waals surface area contributed by atoms with Crippen LogP contribution in [0.1, 0.15) is 38.5 Å². The highest BCUT2D eigenvalue weighted by Gasteiger charge is 2.31. The van der Waals surface area contributed by atoms with Gasteiger partial charge < -0.3 is 4.90 Å². The second kappa shape index (κ2) is 8.06. The fraction of sp³-hybridized carbons (Fsp3) is 0.611. The third-order valence-corrected chi connectivity index (χ3v) is 7.34. The van der Waals surface area contributed by atoms with Crippen LogP contribution in [0.2, 0.25) is 5.02 Å². The van der Waals surface area contributed by atoms with Crippen molar-refractivity contribution >= 4 is 27.5 Å². The molecule has 0 bridgehead atoms. The molecule has 3 rings (SSSR count). The summed E-state index contributed by atoms with van der Waals surface area (Å²) in [5.41, 5.74) is 0. The standard InChI is InChI=1S/C18H25ClN2O3S/c19-16-7-4-8-17(14-16)25(23,24)21-11-9-20(10-12-21)18(22)13-15-5-2-1-3-6-15/h4,7-8,14-15H,1-3,5-6,9-13H2. The van der Waals surface area contributed by atoms with Crippen molar-refractivity contribution in [3.63, 3.8) is 0 Å². The number of benzene rings is 1. The van der Waals surface area contributed by atoms with Gasteiger partial charge in [0.15, 0.2) is 0 Å². The van der Waals surface area contributed by atoms with Crippen LogP contribution in [-0.4, -0.2) is 49.7 Å². The molecule has 0 spiro atoms. The second-order valence-electron chi connectivity index (χ2n) is 6.95. The zero-order chi connectivity index (χ0) is 17.9. The van der Waals surface area contributed by atoms with Crippen molar-refractivity contribution in [1.29, 1.82) is 0 Å². The summed E-state index contributed by atoms with van der Waals surface area (Å²) in [5, 5.41) is 0.405. The molecule has 2 aliphatic rings. The minimum atomic E-state index is -3.55. The van der Waals surface area contributed by atoms with Crippen molar-refractivity contribution in [3.05, 3.63) is 29.3 Å². The van der Waals surface area contributed by atoms with Gasteiger partial charge in [-0.25, -0.2) is 8.42 Å². The van der Waals surface area contributed by atoms with Crippen molar-refractivity contribution in [2.45, 2.75) is 43.4 Å². The summed E-state index contributed by atoms with van der Waals surface area (Å²) in [7, 11) is -3.55. The van der Waals surface area contributed by atoms with E-state index in [9.17, 15) is 13.2 Å². The van der Waals surface area contributed by atoms with E-state index in [0.717, 1.165) is 12.8 Å². The summed E-state index contributed by atoms with van der Waals surface area (Å²) in [4.78, 5) is 14.5. The Kier molecular flexibility index (Phi) is 6.02. The normalized spacial score (nSPS) is 20.6. The van der Waals surface area contributed by atoms with E-state index in [4.69, 9.17) is 11.6 Å². The Labute approximate surface area is 155 Å². The summed E-state index contributed by atoms with van der Waals surface area (Å²) < 4.78 is 26.8. The lowest BCUT2D eigenvalue weighted by atomic mass is 9.86. The third-order valence-electron chi connectivity index (χ3n) is 5.21. The second-order valence-corrected chi connectivity index (χ2v) is 9.32. The summed E-state index contributed by atoms with van der Waals surface area (Å²) >= 11 is 5.91. The Balaban J connectivity index is 1.56. The van der Waals surface area contributed by atoms with E-state index in [1.807, 2.05) is 4.90 Å². The molecule has 1 aromatic carbocycles. The molecule has 1 aliphatic heterocycles. The van der Waals surface area contributed by atoms with Gasteiger partial charge >= 0.3 is 0 Å². The number of halogens is 1. The van der Waals surface area contributed by atoms with Crippen LogP contribution >= 0.6 is 11.6 Å². The van der Waals surface area contributed by atoms with Gasteiger partial charge in [0.25, 0.3) is 0 Å². The number of carbonyl (C=O) groups is 1. The number of carbonyl (C=O) groups excluding carboxylic acids is 1. The average molecular weight is 385 g/mol. The molecule has 2 fully saturated rings. The van der Waals surface area contributed by atoms with Crippen molar-refractivity contribution < 1.29 is 13.2 Å². The van der Waals surface area contributed by atoms with Crippen LogP contribution in [0.4, 0.5) is 0 Å². The number of amides is 1. The zero-order valence-electron chi connectivity index (χ0n) is 14.4. The molecule has 0 N–H and O–H groups in total.